The third kappa shape index (κ3) is 5.21. The Bertz CT molecular complexity index is 253. The second-order valence-electron chi connectivity index (χ2n) is 3.63. The molecule has 84 valence electrons. The molecule has 0 heterocycles. The van der Waals surface area contributed by atoms with Gasteiger partial charge in [0.1, 0.15) is 0 Å². The first-order valence-electron chi connectivity index (χ1n) is 5.29. The Hall–Kier alpha value is -0.510. The SMILES string of the molecule is NCCC(CO)CSCc1ccccc1. The van der Waals surface area contributed by atoms with Crippen molar-refractivity contribution in [1.82, 2.24) is 0 Å². The van der Waals surface area contributed by atoms with E-state index in [0.717, 1.165) is 17.9 Å². The van der Waals surface area contributed by atoms with Gasteiger partial charge in [-0.1, -0.05) is 30.3 Å². The second-order valence-corrected chi connectivity index (χ2v) is 4.66. The fourth-order valence-corrected chi connectivity index (χ4v) is 2.53. The largest absolute Gasteiger partial charge is 0.396 e. The summed E-state index contributed by atoms with van der Waals surface area (Å²) < 4.78 is 0. The number of aliphatic hydroxyl groups is 1. The molecule has 0 radical (unpaired) electrons. The highest BCUT2D eigenvalue weighted by molar-refractivity contribution is 7.98. The zero-order valence-electron chi connectivity index (χ0n) is 8.93. The van der Waals surface area contributed by atoms with Crippen molar-refractivity contribution in [2.24, 2.45) is 11.7 Å². The fraction of sp³-hybridized carbons (Fsp3) is 0.500. The van der Waals surface area contributed by atoms with Gasteiger partial charge in [-0.05, 0) is 30.2 Å². The van der Waals surface area contributed by atoms with E-state index in [1.165, 1.54) is 5.56 Å². The van der Waals surface area contributed by atoms with Crippen molar-refractivity contribution in [3.8, 4) is 0 Å². The van der Waals surface area contributed by atoms with Gasteiger partial charge >= 0.3 is 0 Å². The van der Waals surface area contributed by atoms with Crippen LogP contribution in [0.5, 0.6) is 0 Å². The first kappa shape index (κ1) is 12.6. The van der Waals surface area contributed by atoms with E-state index in [-0.39, 0.29) is 6.61 Å². The molecule has 0 fully saturated rings. The van der Waals surface area contributed by atoms with Crippen molar-refractivity contribution in [2.45, 2.75) is 12.2 Å². The number of hydrogen-bond donors (Lipinski definition) is 2. The number of aliphatic hydroxyl groups excluding tert-OH is 1. The van der Waals surface area contributed by atoms with E-state index in [9.17, 15) is 0 Å². The second kappa shape index (κ2) is 7.74. The van der Waals surface area contributed by atoms with Crippen LogP contribution in [0.2, 0.25) is 0 Å². The smallest absolute Gasteiger partial charge is 0.0467 e. The molecule has 0 aliphatic rings. The minimum absolute atomic E-state index is 0.249. The van der Waals surface area contributed by atoms with Gasteiger partial charge < -0.3 is 10.8 Å². The Labute approximate surface area is 95.9 Å². The highest BCUT2D eigenvalue weighted by Gasteiger charge is 2.05. The molecular weight excluding hydrogens is 206 g/mol. The lowest BCUT2D eigenvalue weighted by molar-refractivity contribution is 0.234. The van der Waals surface area contributed by atoms with Crippen LogP contribution in [-0.2, 0) is 5.75 Å². The molecule has 1 atom stereocenters. The first-order chi connectivity index (χ1) is 7.36. The molecule has 0 aliphatic carbocycles. The third-order valence-corrected chi connectivity index (χ3v) is 3.54. The highest BCUT2D eigenvalue weighted by atomic mass is 32.2. The minimum Gasteiger partial charge on any atom is -0.396 e. The minimum atomic E-state index is 0.249. The monoisotopic (exact) mass is 225 g/mol. The molecule has 1 aromatic rings. The maximum Gasteiger partial charge on any atom is 0.0467 e. The molecule has 0 saturated heterocycles. The average Bonchev–Trinajstić information content (AvgIpc) is 2.29. The maximum atomic E-state index is 9.09. The standard InChI is InChI=1S/C12H19NOS/c13-7-6-12(8-14)10-15-9-11-4-2-1-3-5-11/h1-5,12,14H,6-10,13H2. The lowest BCUT2D eigenvalue weighted by atomic mass is 10.1. The Morgan fingerprint density at radius 2 is 2.00 bits per heavy atom. The van der Waals surface area contributed by atoms with Gasteiger partial charge in [0.05, 0.1) is 0 Å². The summed E-state index contributed by atoms with van der Waals surface area (Å²) in [5.41, 5.74) is 6.81. The van der Waals surface area contributed by atoms with Gasteiger partial charge in [-0.2, -0.15) is 11.8 Å². The summed E-state index contributed by atoms with van der Waals surface area (Å²) in [4.78, 5) is 0. The number of rotatable bonds is 7. The zero-order chi connectivity index (χ0) is 10.9. The van der Waals surface area contributed by atoms with Crippen LogP contribution in [-0.4, -0.2) is 24.0 Å². The molecule has 0 aliphatic heterocycles. The molecule has 1 aromatic carbocycles. The van der Waals surface area contributed by atoms with Crippen LogP contribution in [0.15, 0.2) is 30.3 Å². The zero-order valence-corrected chi connectivity index (χ0v) is 9.75. The van der Waals surface area contributed by atoms with E-state index in [1.54, 1.807) is 0 Å². The maximum absolute atomic E-state index is 9.09. The van der Waals surface area contributed by atoms with Crippen LogP contribution in [0.25, 0.3) is 0 Å². The fourth-order valence-electron chi connectivity index (χ4n) is 1.38. The molecule has 2 nitrogen and oxygen atoms in total. The topological polar surface area (TPSA) is 46.2 Å². The van der Waals surface area contributed by atoms with Gasteiger partial charge in [0.15, 0.2) is 0 Å². The van der Waals surface area contributed by atoms with Crippen molar-refractivity contribution in [2.75, 3.05) is 18.9 Å². The van der Waals surface area contributed by atoms with Crippen molar-refractivity contribution in [1.29, 1.82) is 0 Å². The van der Waals surface area contributed by atoms with Gasteiger partial charge in [0, 0.05) is 12.4 Å². The van der Waals surface area contributed by atoms with Crippen molar-refractivity contribution in [3.63, 3.8) is 0 Å². The number of hydrogen-bond acceptors (Lipinski definition) is 3. The van der Waals surface area contributed by atoms with Crippen LogP contribution >= 0.6 is 11.8 Å². The summed E-state index contributed by atoms with van der Waals surface area (Å²) in [6, 6.07) is 10.4. The van der Waals surface area contributed by atoms with Crippen molar-refractivity contribution < 1.29 is 5.11 Å². The molecule has 0 saturated carbocycles. The average molecular weight is 225 g/mol. The Morgan fingerprint density at radius 3 is 2.60 bits per heavy atom. The lowest BCUT2D eigenvalue weighted by Crippen LogP contribution is -2.14. The van der Waals surface area contributed by atoms with Gasteiger partial charge in [-0.3, -0.25) is 0 Å². The quantitative estimate of drug-likeness (QED) is 0.745. The van der Waals surface area contributed by atoms with E-state index in [2.05, 4.69) is 24.3 Å². The summed E-state index contributed by atoms with van der Waals surface area (Å²) >= 11 is 1.86. The van der Waals surface area contributed by atoms with Crippen molar-refractivity contribution in [3.05, 3.63) is 35.9 Å². The summed E-state index contributed by atoms with van der Waals surface area (Å²) in [5.74, 6) is 2.36. The van der Waals surface area contributed by atoms with Gasteiger partial charge in [0.2, 0.25) is 0 Å². The van der Waals surface area contributed by atoms with Gasteiger partial charge in [-0.15, -0.1) is 0 Å². The van der Waals surface area contributed by atoms with Crippen LogP contribution in [0.3, 0.4) is 0 Å². The molecule has 0 aromatic heterocycles. The predicted octanol–water partition coefficient (Wildman–Crippen LogP) is 1.88. The van der Waals surface area contributed by atoms with E-state index < -0.39 is 0 Å². The van der Waals surface area contributed by atoms with E-state index in [0.29, 0.717) is 12.5 Å². The molecule has 3 heteroatoms. The Kier molecular flexibility index (Phi) is 6.48. The molecule has 1 rings (SSSR count). The molecule has 15 heavy (non-hydrogen) atoms. The number of thioether (sulfide) groups is 1. The summed E-state index contributed by atoms with van der Waals surface area (Å²) in [5, 5.41) is 9.09. The summed E-state index contributed by atoms with van der Waals surface area (Å²) in [7, 11) is 0. The Morgan fingerprint density at radius 1 is 1.27 bits per heavy atom. The van der Waals surface area contributed by atoms with Crippen LogP contribution < -0.4 is 5.73 Å². The van der Waals surface area contributed by atoms with E-state index in [1.807, 2.05) is 17.8 Å². The molecular formula is C12H19NOS. The highest BCUT2D eigenvalue weighted by Crippen LogP contribution is 2.16. The molecule has 0 bridgehead atoms. The third-order valence-electron chi connectivity index (χ3n) is 2.30. The first-order valence-corrected chi connectivity index (χ1v) is 6.45. The van der Waals surface area contributed by atoms with E-state index in [4.69, 9.17) is 10.8 Å². The van der Waals surface area contributed by atoms with Gasteiger partial charge in [0.25, 0.3) is 0 Å². The molecule has 0 spiro atoms. The summed E-state index contributed by atoms with van der Waals surface area (Å²) in [6.45, 7) is 0.913. The van der Waals surface area contributed by atoms with Crippen LogP contribution in [0.4, 0.5) is 0 Å². The molecule has 0 amide bonds. The number of benzene rings is 1. The normalized spacial score (nSPS) is 12.7. The molecule has 1 unspecified atom stereocenters. The van der Waals surface area contributed by atoms with Gasteiger partial charge in [-0.25, -0.2) is 0 Å². The molecule has 3 N–H and O–H groups in total. The number of nitrogens with two attached hydrogens (primary N) is 1. The van der Waals surface area contributed by atoms with E-state index >= 15 is 0 Å². The predicted molar refractivity (Wildman–Crippen MR) is 66.9 cm³/mol. The lowest BCUT2D eigenvalue weighted by Gasteiger charge is -2.11. The van der Waals surface area contributed by atoms with Crippen LogP contribution in [0, 0.1) is 5.92 Å². The summed E-state index contributed by atoms with van der Waals surface area (Å²) in [6.07, 6.45) is 0.915. The van der Waals surface area contributed by atoms with Crippen molar-refractivity contribution >= 4 is 11.8 Å². The Balaban J connectivity index is 2.20. The van der Waals surface area contributed by atoms with Crippen LogP contribution in [0.1, 0.15) is 12.0 Å².